The number of piperidine rings is 1. The van der Waals surface area contributed by atoms with Crippen LogP contribution in [0.2, 0.25) is 0 Å². The molecule has 0 aromatic heterocycles. The van der Waals surface area contributed by atoms with Crippen molar-refractivity contribution in [3.8, 4) is 0 Å². The second-order valence-electron chi connectivity index (χ2n) is 7.70. The van der Waals surface area contributed by atoms with E-state index in [9.17, 15) is 4.79 Å². The van der Waals surface area contributed by atoms with E-state index in [2.05, 4.69) is 18.7 Å². The number of fused-ring (bicyclic) bond motifs is 1. The molecule has 1 unspecified atom stereocenters. The van der Waals surface area contributed by atoms with Crippen molar-refractivity contribution in [3.63, 3.8) is 0 Å². The third-order valence-corrected chi connectivity index (χ3v) is 5.73. The molecule has 1 amide bonds. The Morgan fingerprint density at radius 1 is 1.13 bits per heavy atom. The number of likely N-dealkylation sites (tertiary alicyclic amines) is 1. The van der Waals surface area contributed by atoms with Crippen LogP contribution >= 0.6 is 0 Å². The van der Waals surface area contributed by atoms with Gasteiger partial charge in [0.15, 0.2) is 0 Å². The number of amides is 1. The third kappa shape index (κ3) is 3.82. The quantitative estimate of drug-likeness (QED) is 0.779. The molecule has 3 aliphatic heterocycles. The summed E-state index contributed by atoms with van der Waals surface area (Å²) >= 11 is 0. The van der Waals surface area contributed by atoms with Crippen molar-refractivity contribution < 1.29 is 14.3 Å². The average molecular weight is 324 g/mol. The highest BCUT2D eigenvalue weighted by Crippen LogP contribution is 2.42. The molecule has 3 saturated heterocycles. The summed E-state index contributed by atoms with van der Waals surface area (Å²) in [6, 6.07) is 0.377. The fourth-order valence-electron chi connectivity index (χ4n) is 4.45. The Bertz CT molecular complexity index is 409. The minimum Gasteiger partial charge on any atom is -0.448 e. The topological polar surface area (TPSA) is 42.0 Å². The first kappa shape index (κ1) is 17.0. The van der Waals surface area contributed by atoms with E-state index in [1.165, 1.54) is 25.7 Å². The molecule has 0 radical (unpaired) electrons. The fourth-order valence-corrected chi connectivity index (χ4v) is 4.45. The van der Waals surface area contributed by atoms with Gasteiger partial charge in [-0.05, 0) is 65.3 Å². The monoisotopic (exact) mass is 324 g/mol. The average Bonchev–Trinajstić information content (AvgIpc) is 3.11. The van der Waals surface area contributed by atoms with Crippen LogP contribution in [0.3, 0.4) is 0 Å². The van der Waals surface area contributed by atoms with E-state index in [1.54, 1.807) is 0 Å². The maximum absolute atomic E-state index is 12.2. The van der Waals surface area contributed by atoms with Gasteiger partial charge in [0.25, 0.3) is 0 Å². The van der Waals surface area contributed by atoms with E-state index in [0.717, 1.165) is 45.5 Å². The van der Waals surface area contributed by atoms with Gasteiger partial charge in [0.2, 0.25) is 0 Å². The van der Waals surface area contributed by atoms with Crippen LogP contribution in [0, 0.1) is 0 Å². The summed E-state index contributed by atoms with van der Waals surface area (Å²) in [6.07, 6.45) is 8.37. The van der Waals surface area contributed by atoms with Crippen molar-refractivity contribution in [3.05, 3.63) is 0 Å². The number of ether oxygens (including phenoxy) is 2. The van der Waals surface area contributed by atoms with Gasteiger partial charge in [-0.1, -0.05) is 0 Å². The van der Waals surface area contributed by atoms with Crippen molar-refractivity contribution in [1.29, 1.82) is 0 Å². The maximum Gasteiger partial charge on any atom is 0.409 e. The molecule has 5 heteroatoms. The molecule has 0 bridgehead atoms. The summed E-state index contributed by atoms with van der Waals surface area (Å²) in [5.74, 6) is 0. The summed E-state index contributed by atoms with van der Waals surface area (Å²) in [5.41, 5.74) is 0.201. The summed E-state index contributed by atoms with van der Waals surface area (Å²) in [6.45, 7) is 8.40. The van der Waals surface area contributed by atoms with E-state index in [1.807, 2.05) is 4.90 Å². The van der Waals surface area contributed by atoms with Crippen molar-refractivity contribution in [1.82, 2.24) is 9.80 Å². The van der Waals surface area contributed by atoms with Crippen LogP contribution in [-0.2, 0) is 9.47 Å². The largest absolute Gasteiger partial charge is 0.448 e. The molecule has 3 fully saturated rings. The standard InChI is InChI=1S/C18H32N2O3/c1-15(2)23-14-18-8-6-12-20(18)16(7-9-18)13-22-17(21)19-10-4-3-5-11-19/h15-16H,3-14H2,1-2H3/t16-,18?/m0/s1. The highest BCUT2D eigenvalue weighted by atomic mass is 16.6. The minimum absolute atomic E-state index is 0.111. The number of hydrogen-bond donors (Lipinski definition) is 0. The lowest BCUT2D eigenvalue weighted by Gasteiger charge is -2.35. The zero-order chi connectivity index (χ0) is 16.3. The molecule has 0 aromatic rings. The molecular formula is C18H32N2O3. The first-order valence-electron chi connectivity index (χ1n) is 9.41. The van der Waals surface area contributed by atoms with Crippen LogP contribution in [0.4, 0.5) is 4.79 Å². The van der Waals surface area contributed by atoms with Gasteiger partial charge < -0.3 is 14.4 Å². The van der Waals surface area contributed by atoms with Gasteiger partial charge in [-0.25, -0.2) is 4.79 Å². The number of rotatable bonds is 5. The molecule has 23 heavy (non-hydrogen) atoms. The van der Waals surface area contributed by atoms with Crippen LogP contribution in [0.1, 0.15) is 58.8 Å². The Kier molecular flexibility index (Phi) is 5.47. The third-order valence-electron chi connectivity index (χ3n) is 5.73. The van der Waals surface area contributed by atoms with Gasteiger partial charge in [-0.2, -0.15) is 0 Å². The summed E-state index contributed by atoms with van der Waals surface area (Å²) < 4.78 is 11.6. The molecule has 0 spiro atoms. The first-order valence-corrected chi connectivity index (χ1v) is 9.41. The molecule has 5 nitrogen and oxygen atoms in total. The number of nitrogens with zero attached hydrogens (tertiary/aromatic N) is 2. The number of carbonyl (C=O) groups is 1. The van der Waals surface area contributed by atoms with Gasteiger partial charge >= 0.3 is 6.09 Å². The highest BCUT2D eigenvalue weighted by Gasteiger charge is 2.49. The SMILES string of the molecule is CC(C)OCC12CCCN1[C@H](COC(=O)N1CCCCC1)CC2. The molecule has 3 heterocycles. The number of carbonyl (C=O) groups excluding carboxylic acids is 1. The van der Waals surface area contributed by atoms with E-state index < -0.39 is 0 Å². The van der Waals surface area contributed by atoms with E-state index in [-0.39, 0.29) is 17.7 Å². The van der Waals surface area contributed by atoms with E-state index in [0.29, 0.717) is 12.6 Å². The van der Waals surface area contributed by atoms with E-state index >= 15 is 0 Å². The molecule has 2 atom stereocenters. The zero-order valence-electron chi connectivity index (χ0n) is 14.8. The second-order valence-corrected chi connectivity index (χ2v) is 7.70. The normalized spacial score (nSPS) is 31.6. The fraction of sp³-hybridized carbons (Fsp3) is 0.944. The van der Waals surface area contributed by atoms with Crippen molar-refractivity contribution in [2.45, 2.75) is 76.5 Å². The van der Waals surface area contributed by atoms with Crippen molar-refractivity contribution >= 4 is 6.09 Å². The molecule has 132 valence electrons. The van der Waals surface area contributed by atoms with Crippen molar-refractivity contribution in [2.24, 2.45) is 0 Å². The Morgan fingerprint density at radius 2 is 1.91 bits per heavy atom. The lowest BCUT2D eigenvalue weighted by molar-refractivity contribution is -0.0129. The molecule has 3 aliphatic rings. The Balaban J connectivity index is 1.50. The van der Waals surface area contributed by atoms with Crippen LogP contribution in [0.5, 0.6) is 0 Å². The van der Waals surface area contributed by atoms with Crippen LogP contribution in [0.25, 0.3) is 0 Å². The molecule has 0 N–H and O–H groups in total. The Hall–Kier alpha value is -0.810. The van der Waals surface area contributed by atoms with Crippen LogP contribution in [-0.4, -0.2) is 66.4 Å². The van der Waals surface area contributed by atoms with Gasteiger partial charge in [-0.3, -0.25) is 4.90 Å². The predicted octanol–water partition coefficient (Wildman–Crippen LogP) is 3.03. The molecular weight excluding hydrogens is 292 g/mol. The smallest absolute Gasteiger partial charge is 0.409 e. The first-order chi connectivity index (χ1) is 11.1. The minimum atomic E-state index is -0.111. The summed E-state index contributed by atoms with van der Waals surface area (Å²) in [7, 11) is 0. The van der Waals surface area contributed by atoms with Gasteiger partial charge in [0.05, 0.1) is 12.7 Å². The predicted molar refractivity (Wildman–Crippen MR) is 89.6 cm³/mol. The van der Waals surface area contributed by atoms with Gasteiger partial charge in [-0.15, -0.1) is 0 Å². The lowest BCUT2D eigenvalue weighted by atomic mass is 9.95. The molecule has 3 rings (SSSR count). The molecule has 0 aromatic carbocycles. The van der Waals surface area contributed by atoms with Gasteiger partial charge in [0.1, 0.15) is 6.61 Å². The van der Waals surface area contributed by atoms with E-state index in [4.69, 9.17) is 9.47 Å². The Morgan fingerprint density at radius 3 is 2.65 bits per heavy atom. The van der Waals surface area contributed by atoms with Crippen LogP contribution in [0.15, 0.2) is 0 Å². The van der Waals surface area contributed by atoms with Gasteiger partial charge in [0, 0.05) is 24.7 Å². The second kappa shape index (κ2) is 7.39. The highest BCUT2D eigenvalue weighted by molar-refractivity contribution is 5.67. The van der Waals surface area contributed by atoms with Crippen LogP contribution < -0.4 is 0 Å². The summed E-state index contributed by atoms with van der Waals surface area (Å²) in [5, 5.41) is 0. The molecule has 0 aliphatic carbocycles. The number of hydrogen-bond acceptors (Lipinski definition) is 4. The Labute approximate surface area is 140 Å². The summed E-state index contributed by atoms with van der Waals surface area (Å²) in [4.78, 5) is 16.6. The maximum atomic E-state index is 12.2. The van der Waals surface area contributed by atoms with Crippen molar-refractivity contribution in [2.75, 3.05) is 32.8 Å². The lowest BCUT2D eigenvalue weighted by Crippen LogP contribution is -2.48. The molecule has 0 saturated carbocycles. The zero-order valence-corrected chi connectivity index (χ0v) is 14.8.